The molecule has 1 aliphatic heterocycles. The van der Waals surface area contributed by atoms with Gasteiger partial charge in [-0.15, -0.1) is 10.2 Å². The van der Waals surface area contributed by atoms with Crippen LogP contribution >= 0.6 is 0 Å². The molecule has 0 aliphatic carbocycles. The Kier molecular flexibility index (Phi) is 5.73. The highest BCUT2D eigenvalue weighted by atomic mass is 16.5. The number of hydrogen-bond acceptors (Lipinski definition) is 7. The molecule has 0 bridgehead atoms. The number of nitrogens with two attached hydrogens (primary N) is 1. The van der Waals surface area contributed by atoms with Crippen LogP contribution in [0.15, 0.2) is 48.7 Å². The third-order valence-corrected chi connectivity index (χ3v) is 5.81. The normalized spacial score (nSPS) is 17.9. The Morgan fingerprint density at radius 2 is 2.03 bits per heavy atom. The first kappa shape index (κ1) is 20.8. The van der Waals surface area contributed by atoms with Gasteiger partial charge in [0.05, 0.1) is 12.1 Å². The molecule has 1 aliphatic rings. The SMILES string of the molecule is COCC(C)Oc1ccc2ccc(-c3nnc4ccc(CN5CCC(N)C5)cn34)nc2c1. The van der Waals surface area contributed by atoms with Crippen LogP contribution in [-0.4, -0.2) is 63.4 Å². The summed E-state index contributed by atoms with van der Waals surface area (Å²) >= 11 is 0. The molecule has 0 spiro atoms. The minimum absolute atomic E-state index is 0.0374. The van der Waals surface area contributed by atoms with Gasteiger partial charge in [0.2, 0.25) is 0 Å². The Morgan fingerprint density at radius 1 is 1.16 bits per heavy atom. The summed E-state index contributed by atoms with van der Waals surface area (Å²) in [7, 11) is 1.67. The van der Waals surface area contributed by atoms with E-state index in [-0.39, 0.29) is 12.1 Å². The van der Waals surface area contributed by atoms with Crippen LogP contribution in [0.3, 0.4) is 0 Å². The molecule has 8 nitrogen and oxygen atoms in total. The Bertz CT molecular complexity index is 1240. The maximum atomic E-state index is 6.06. The Morgan fingerprint density at radius 3 is 2.84 bits per heavy atom. The molecule has 2 atom stereocenters. The molecule has 8 heteroatoms. The molecular formula is C24H28N6O2. The second kappa shape index (κ2) is 8.82. The van der Waals surface area contributed by atoms with Crippen LogP contribution in [0.5, 0.6) is 5.75 Å². The van der Waals surface area contributed by atoms with E-state index in [1.54, 1.807) is 7.11 Å². The highest BCUT2D eigenvalue weighted by molar-refractivity contribution is 5.82. The van der Waals surface area contributed by atoms with E-state index in [2.05, 4.69) is 33.4 Å². The molecule has 2 unspecified atom stereocenters. The number of pyridine rings is 2. The van der Waals surface area contributed by atoms with Crippen molar-refractivity contribution in [2.45, 2.75) is 32.0 Å². The number of likely N-dealkylation sites (tertiary alicyclic amines) is 1. The van der Waals surface area contributed by atoms with Gasteiger partial charge in [-0.05, 0) is 43.2 Å². The van der Waals surface area contributed by atoms with Gasteiger partial charge < -0.3 is 15.2 Å². The summed E-state index contributed by atoms with van der Waals surface area (Å²) in [5, 5.41) is 9.80. The summed E-state index contributed by atoms with van der Waals surface area (Å²) in [4.78, 5) is 7.25. The number of rotatable bonds is 7. The molecule has 1 fully saturated rings. The fourth-order valence-corrected chi connectivity index (χ4v) is 4.26. The van der Waals surface area contributed by atoms with Gasteiger partial charge in [-0.1, -0.05) is 12.1 Å². The number of ether oxygens (including phenoxy) is 2. The van der Waals surface area contributed by atoms with E-state index in [0.29, 0.717) is 6.61 Å². The van der Waals surface area contributed by atoms with E-state index >= 15 is 0 Å². The third-order valence-electron chi connectivity index (χ3n) is 5.81. The van der Waals surface area contributed by atoms with Crippen LogP contribution in [0, 0.1) is 0 Å². The van der Waals surface area contributed by atoms with Gasteiger partial charge in [-0.2, -0.15) is 0 Å². The number of nitrogens with zero attached hydrogens (tertiary/aromatic N) is 5. The third kappa shape index (κ3) is 4.29. The number of fused-ring (bicyclic) bond motifs is 2. The van der Waals surface area contributed by atoms with Crippen molar-refractivity contribution in [3.63, 3.8) is 0 Å². The van der Waals surface area contributed by atoms with Crippen molar-refractivity contribution >= 4 is 16.6 Å². The number of methoxy groups -OCH3 is 1. The molecule has 4 aromatic rings. The molecule has 2 N–H and O–H groups in total. The van der Waals surface area contributed by atoms with Crippen LogP contribution < -0.4 is 10.5 Å². The van der Waals surface area contributed by atoms with E-state index in [1.807, 2.05) is 41.7 Å². The summed E-state index contributed by atoms with van der Waals surface area (Å²) in [6, 6.07) is 14.4. The highest BCUT2D eigenvalue weighted by Gasteiger charge is 2.19. The molecule has 32 heavy (non-hydrogen) atoms. The molecular weight excluding hydrogens is 404 g/mol. The average Bonchev–Trinajstić information content (AvgIpc) is 3.39. The van der Waals surface area contributed by atoms with Crippen molar-refractivity contribution in [3.8, 4) is 17.3 Å². The average molecular weight is 433 g/mol. The monoisotopic (exact) mass is 432 g/mol. The summed E-state index contributed by atoms with van der Waals surface area (Å²) in [5.74, 6) is 1.49. The fraction of sp³-hybridized carbons (Fsp3) is 0.375. The minimum Gasteiger partial charge on any atom is -0.488 e. The van der Waals surface area contributed by atoms with Gasteiger partial charge in [0, 0.05) is 50.4 Å². The number of benzene rings is 1. The van der Waals surface area contributed by atoms with E-state index in [9.17, 15) is 0 Å². The van der Waals surface area contributed by atoms with Crippen LogP contribution in [0.25, 0.3) is 28.1 Å². The van der Waals surface area contributed by atoms with Crippen LogP contribution in [0.4, 0.5) is 0 Å². The van der Waals surface area contributed by atoms with E-state index in [0.717, 1.165) is 59.9 Å². The van der Waals surface area contributed by atoms with Crippen molar-refractivity contribution in [1.82, 2.24) is 24.5 Å². The van der Waals surface area contributed by atoms with Crippen LogP contribution in [0.2, 0.25) is 0 Å². The van der Waals surface area contributed by atoms with Gasteiger partial charge in [0.15, 0.2) is 11.5 Å². The standard InChI is InChI=1S/C24H28N6O2/c1-16(15-31-2)32-20-6-4-18-5-7-21(26-22(18)11-20)24-28-27-23-8-3-17(13-30(23)24)12-29-10-9-19(25)14-29/h3-8,11,13,16,19H,9-10,12,14-15,25H2,1-2H3. The Labute approximate surface area is 187 Å². The smallest absolute Gasteiger partial charge is 0.187 e. The number of aromatic nitrogens is 4. The molecule has 0 radical (unpaired) electrons. The molecule has 0 amide bonds. The molecule has 0 saturated carbocycles. The maximum absolute atomic E-state index is 6.06. The molecule has 5 rings (SSSR count). The first-order valence-electron chi connectivity index (χ1n) is 11.0. The van der Waals surface area contributed by atoms with Crippen molar-refractivity contribution < 1.29 is 9.47 Å². The van der Waals surface area contributed by atoms with E-state index in [1.165, 1.54) is 5.56 Å². The summed E-state index contributed by atoms with van der Waals surface area (Å²) in [6.07, 6.45) is 3.12. The van der Waals surface area contributed by atoms with Gasteiger partial charge in [-0.3, -0.25) is 9.30 Å². The maximum Gasteiger partial charge on any atom is 0.187 e. The van der Waals surface area contributed by atoms with Crippen molar-refractivity contribution in [1.29, 1.82) is 0 Å². The topological polar surface area (TPSA) is 90.8 Å². The molecule has 1 saturated heterocycles. The van der Waals surface area contributed by atoms with Gasteiger partial charge in [0.25, 0.3) is 0 Å². The lowest BCUT2D eigenvalue weighted by molar-refractivity contribution is 0.0922. The largest absolute Gasteiger partial charge is 0.488 e. The summed E-state index contributed by atoms with van der Waals surface area (Å²) in [6.45, 7) is 5.35. The van der Waals surface area contributed by atoms with E-state index < -0.39 is 0 Å². The van der Waals surface area contributed by atoms with Gasteiger partial charge >= 0.3 is 0 Å². The lowest BCUT2D eigenvalue weighted by atomic mass is 10.2. The summed E-state index contributed by atoms with van der Waals surface area (Å²) < 4.78 is 13.1. The highest BCUT2D eigenvalue weighted by Crippen LogP contribution is 2.25. The Hall–Kier alpha value is -3.07. The second-order valence-corrected chi connectivity index (χ2v) is 8.51. The Balaban J connectivity index is 1.45. The molecule has 166 valence electrons. The van der Waals surface area contributed by atoms with Crippen LogP contribution in [0.1, 0.15) is 18.9 Å². The number of hydrogen-bond donors (Lipinski definition) is 1. The predicted molar refractivity (Wildman–Crippen MR) is 124 cm³/mol. The predicted octanol–water partition coefficient (Wildman–Crippen LogP) is 2.89. The van der Waals surface area contributed by atoms with Crippen molar-refractivity contribution in [2.75, 3.05) is 26.8 Å². The van der Waals surface area contributed by atoms with Gasteiger partial charge in [0.1, 0.15) is 17.5 Å². The van der Waals surface area contributed by atoms with Crippen molar-refractivity contribution in [3.05, 3.63) is 54.2 Å². The fourth-order valence-electron chi connectivity index (χ4n) is 4.26. The van der Waals surface area contributed by atoms with Crippen LogP contribution in [-0.2, 0) is 11.3 Å². The minimum atomic E-state index is -0.0374. The lowest BCUT2D eigenvalue weighted by Gasteiger charge is -2.15. The molecule has 4 heterocycles. The lowest BCUT2D eigenvalue weighted by Crippen LogP contribution is -2.26. The second-order valence-electron chi connectivity index (χ2n) is 8.51. The zero-order valence-corrected chi connectivity index (χ0v) is 18.4. The van der Waals surface area contributed by atoms with Gasteiger partial charge in [-0.25, -0.2) is 4.98 Å². The van der Waals surface area contributed by atoms with Crippen molar-refractivity contribution in [2.24, 2.45) is 5.73 Å². The zero-order valence-electron chi connectivity index (χ0n) is 18.4. The quantitative estimate of drug-likeness (QED) is 0.480. The molecule has 1 aromatic carbocycles. The first-order valence-corrected chi connectivity index (χ1v) is 11.0. The van der Waals surface area contributed by atoms with E-state index in [4.69, 9.17) is 20.2 Å². The summed E-state index contributed by atoms with van der Waals surface area (Å²) in [5.41, 5.74) is 9.69. The first-order chi connectivity index (χ1) is 15.6. The molecule has 3 aromatic heterocycles. The zero-order chi connectivity index (χ0) is 22.1.